The van der Waals surface area contributed by atoms with Crippen molar-refractivity contribution in [3.8, 4) is 56.5 Å². The molecule has 63 heavy (non-hydrogen) atoms. The van der Waals surface area contributed by atoms with E-state index >= 15 is 0 Å². The summed E-state index contributed by atoms with van der Waals surface area (Å²) in [7, 11) is 0. The lowest BCUT2D eigenvalue weighted by Gasteiger charge is -2.30. The van der Waals surface area contributed by atoms with E-state index in [1.54, 1.807) is 0 Å². The summed E-state index contributed by atoms with van der Waals surface area (Å²) in [5.74, 6) is 2.58. The van der Waals surface area contributed by atoms with E-state index < -0.39 is 0 Å². The van der Waals surface area contributed by atoms with E-state index in [0.29, 0.717) is 11.8 Å². The Balaban J connectivity index is 1.19. The largest absolute Gasteiger partial charge is 0.372 e. The molecule has 1 saturated carbocycles. The number of anilines is 2. The molecule has 2 aromatic heterocycles. The van der Waals surface area contributed by atoms with Gasteiger partial charge in [0, 0.05) is 65.4 Å². The second kappa shape index (κ2) is 16.1. The van der Waals surface area contributed by atoms with Crippen LogP contribution in [0.1, 0.15) is 50.6 Å². The highest BCUT2D eigenvalue weighted by atomic mass is 15.1. The highest BCUT2D eigenvalue weighted by Crippen LogP contribution is 2.52. The smallest absolute Gasteiger partial charge is 0.160 e. The molecule has 4 heterocycles. The van der Waals surface area contributed by atoms with Crippen molar-refractivity contribution in [2.45, 2.75) is 44.9 Å². The molecule has 3 fully saturated rings. The van der Waals surface area contributed by atoms with Crippen LogP contribution in [0.2, 0.25) is 0 Å². The predicted molar refractivity (Wildman–Crippen MR) is 261 cm³/mol. The Hall–Kier alpha value is -6.92. The van der Waals surface area contributed by atoms with Crippen LogP contribution in [0.15, 0.2) is 158 Å². The minimum absolute atomic E-state index is 0.505. The van der Waals surface area contributed by atoms with Gasteiger partial charge in [-0.3, -0.25) is 0 Å². The average Bonchev–Trinajstić information content (AvgIpc) is 4.17. The Bertz CT molecular complexity index is 3000. The van der Waals surface area contributed by atoms with Crippen molar-refractivity contribution < 1.29 is 0 Å². The summed E-state index contributed by atoms with van der Waals surface area (Å²) >= 11 is 0. The van der Waals surface area contributed by atoms with Gasteiger partial charge >= 0.3 is 0 Å². The Morgan fingerprint density at radius 1 is 0.413 bits per heavy atom. The van der Waals surface area contributed by atoms with Crippen LogP contribution >= 0.6 is 0 Å². The zero-order valence-electron chi connectivity index (χ0n) is 35.6. The van der Waals surface area contributed by atoms with Crippen LogP contribution in [0.4, 0.5) is 11.4 Å². The first kappa shape index (κ1) is 37.8. The maximum absolute atomic E-state index is 5.57. The molecule has 4 aliphatic rings. The summed E-state index contributed by atoms with van der Waals surface area (Å²) in [6.45, 7) is 4.25. The third kappa shape index (κ3) is 7.17. The van der Waals surface area contributed by atoms with Crippen LogP contribution in [0.25, 0.3) is 83.7 Å². The molecular weight excluding hydrogens is 769 g/mol. The van der Waals surface area contributed by atoms with E-state index in [9.17, 15) is 0 Å². The summed E-state index contributed by atoms with van der Waals surface area (Å²) in [5, 5.41) is 4.68. The van der Waals surface area contributed by atoms with Crippen molar-refractivity contribution in [2.75, 3.05) is 36.0 Å². The minimum Gasteiger partial charge on any atom is -0.372 e. The van der Waals surface area contributed by atoms with Crippen LogP contribution in [-0.4, -0.2) is 46.1 Å². The van der Waals surface area contributed by atoms with E-state index in [2.05, 4.69) is 168 Å². The van der Waals surface area contributed by atoms with Crippen molar-refractivity contribution in [3.05, 3.63) is 163 Å². The first-order valence-electron chi connectivity index (χ1n) is 23.1. The number of piperidine rings is 2. The van der Waals surface area contributed by atoms with Crippen molar-refractivity contribution in [3.63, 3.8) is 0 Å². The molecular formula is C57H50N6. The number of hydrogen-bond acceptors (Lipinski definition) is 6. The second-order valence-corrected chi connectivity index (χ2v) is 17.8. The number of hydrogen-bond donors (Lipinski definition) is 0. The van der Waals surface area contributed by atoms with Gasteiger partial charge in [0.05, 0.1) is 22.8 Å². The molecule has 0 amide bonds. The van der Waals surface area contributed by atoms with Gasteiger partial charge in [-0.05, 0) is 120 Å². The van der Waals surface area contributed by atoms with Gasteiger partial charge in [-0.1, -0.05) is 121 Å². The molecule has 2 aliphatic carbocycles. The average molecular weight is 819 g/mol. The van der Waals surface area contributed by atoms with Crippen molar-refractivity contribution in [1.82, 2.24) is 19.9 Å². The number of allylic oxidation sites excluding steroid dienone is 4. The molecule has 2 saturated heterocycles. The summed E-state index contributed by atoms with van der Waals surface area (Å²) in [5.41, 5.74) is 13.0. The van der Waals surface area contributed by atoms with Crippen LogP contribution in [0.3, 0.4) is 0 Å². The summed E-state index contributed by atoms with van der Waals surface area (Å²) in [6.07, 6.45) is 15.4. The molecule has 2 atom stereocenters. The van der Waals surface area contributed by atoms with E-state index in [4.69, 9.17) is 19.9 Å². The van der Waals surface area contributed by atoms with E-state index in [1.807, 2.05) is 0 Å². The molecule has 6 nitrogen and oxygen atoms in total. The SMILES string of the molecule is C1=CC2CC2C(c2cc(-c3c4cc(N5CCCCC5)ccc4c(-c4cc(-c5ccccc5)nc(-c5ccccc5)n4)c4cc(N5CCCCC5)ccc34)nc(-c3ccccc3)n2)=C1. The molecule has 0 radical (unpaired) electrons. The number of nitrogens with zero attached hydrogens (tertiary/aromatic N) is 6. The number of aromatic nitrogens is 4. The van der Waals surface area contributed by atoms with Gasteiger partial charge in [0.2, 0.25) is 0 Å². The van der Waals surface area contributed by atoms with E-state index in [1.165, 1.54) is 78.1 Å². The first-order valence-corrected chi connectivity index (χ1v) is 23.1. The Labute approximate surface area is 369 Å². The van der Waals surface area contributed by atoms with Gasteiger partial charge in [0.1, 0.15) is 0 Å². The molecule has 2 unspecified atom stereocenters. The third-order valence-electron chi connectivity index (χ3n) is 13.8. The minimum atomic E-state index is 0.505. The summed E-state index contributed by atoms with van der Waals surface area (Å²) in [4.78, 5) is 26.8. The number of fused-ring (bicyclic) bond motifs is 3. The van der Waals surface area contributed by atoms with E-state index in [-0.39, 0.29) is 0 Å². The van der Waals surface area contributed by atoms with Gasteiger partial charge < -0.3 is 9.80 Å². The molecule has 8 aromatic rings. The molecule has 308 valence electrons. The first-order chi connectivity index (χ1) is 31.2. The number of benzene rings is 6. The van der Waals surface area contributed by atoms with Gasteiger partial charge in [-0.15, -0.1) is 0 Å². The van der Waals surface area contributed by atoms with Gasteiger partial charge in [-0.2, -0.15) is 0 Å². The Morgan fingerprint density at radius 3 is 1.40 bits per heavy atom. The van der Waals surface area contributed by atoms with Crippen LogP contribution in [0, 0.1) is 11.8 Å². The number of rotatable bonds is 8. The maximum Gasteiger partial charge on any atom is 0.160 e. The fourth-order valence-corrected chi connectivity index (χ4v) is 10.4. The molecule has 6 heteroatoms. The fourth-order valence-electron chi connectivity index (χ4n) is 10.4. The molecule has 0 spiro atoms. The lowest BCUT2D eigenvalue weighted by Crippen LogP contribution is -2.29. The molecule has 0 N–H and O–H groups in total. The highest BCUT2D eigenvalue weighted by Gasteiger charge is 2.40. The molecule has 6 aromatic carbocycles. The van der Waals surface area contributed by atoms with Crippen LogP contribution < -0.4 is 9.80 Å². The van der Waals surface area contributed by atoms with Crippen molar-refractivity contribution in [1.29, 1.82) is 0 Å². The van der Waals surface area contributed by atoms with Crippen LogP contribution in [-0.2, 0) is 0 Å². The highest BCUT2D eigenvalue weighted by molar-refractivity contribution is 6.22. The standard InChI is InChI=1S/C57H50N6/c1-6-17-38(18-7-1)50-36-52(60-56(58-50)39-19-8-2-9-20-39)54-45-27-25-43(63-31-14-5-15-32-63)35-49(45)55(46-28-26-42(34-48(46)54)62-29-12-4-13-30-62)53-37-51(44-24-16-23-41-33-47(41)44)59-57(61-53)40-21-10-3-11-22-40/h1-3,6-11,16-28,34-37,41,47H,4-5,12-15,29-33H2. The molecule has 0 bridgehead atoms. The molecule has 12 rings (SSSR count). The normalized spacial score (nSPS) is 18.4. The van der Waals surface area contributed by atoms with Crippen LogP contribution in [0.5, 0.6) is 0 Å². The fraction of sp³-hybridized carbons (Fsp3) is 0.228. The van der Waals surface area contributed by atoms with Gasteiger partial charge in [0.15, 0.2) is 11.6 Å². The van der Waals surface area contributed by atoms with E-state index in [0.717, 1.165) is 93.8 Å². The van der Waals surface area contributed by atoms with Gasteiger partial charge in [0.25, 0.3) is 0 Å². The zero-order valence-corrected chi connectivity index (χ0v) is 35.6. The zero-order chi connectivity index (χ0) is 41.7. The molecule has 2 aliphatic heterocycles. The quantitative estimate of drug-likeness (QED) is 0.142. The second-order valence-electron chi connectivity index (χ2n) is 17.8. The third-order valence-corrected chi connectivity index (χ3v) is 13.8. The van der Waals surface area contributed by atoms with Crippen molar-refractivity contribution in [2.24, 2.45) is 11.8 Å². The topological polar surface area (TPSA) is 58.0 Å². The van der Waals surface area contributed by atoms with Crippen molar-refractivity contribution >= 4 is 38.5 Å². The lowest BCUT2D eigenvalue weighted by atomic mass is 9.87. The summed E-state index contributed by atoms with van der Waals surface area (Å²) in [6, 6.07) is 50.4. The monoisotopic (exact) mass is 818 g/mol. The van der Waals surface area contributed by atoms with Gasteiger partial charge in [-0.25, -0.2) is 19.9 Å². The Kier molecular flexibility index (Phi) is 9.65. The summed E-state index contributed by atoms with van der Waals surface area (Å²) < 4.78 is 0. The lowest BCUT2D eigenvalue weighted by molar-refractivity contribution is 0.578. The predicted octanol–water partition coefficient (Wildman–Crippen LogP) is 13.5. The Morgan fingerprint density at radius 2 is 0.873 bits per heavy atom. The maximum atomic E-state index is 5.57.